The van der Waals surface area contributed by atoms with Crippen LogP contribution in [0.2, 0.25) is 10.0 Å². The van der Waals surface area contributed by atoms with Crippen LogP contribution < -0.4 is 9.64 Å². The predicted molar refractivity (Wildman–Crippen MR) is 130 cm³/mol. The molecule has 1 amide bonds. The van der Waals surface area contributed by atoms with Gasteiger partial charge in [-0.25, -0.2) is 0 Å². The number of nitrogens with zero attached hydrogens (tertiary/aromatic N) is 1. The van der Waals surface area contributed by atoms with E-state index < -0.39 is 23.5 Å². The number of aliphatic hydroxyl groups is 1. The van der Waals surface area contributed by atoms with Gasteiger partial charge < -0.3 is 9.84 Å². The average Bonchev–Trinajstić information content (AvgIpc) is 3.04. The van der Waals surface area contributed by atoms with Crippen molar-refractivity contribution < 1.29 is 19.4 Å². The Labute approximate surface area is 201 Å². The van der Waals surface area contributed by atoms with Crippen LogP contribution in [0.5, 0.6) is 5.75 Å². The molecule has 33 heavy (non-hydrogen) atoms. The van der Waals surface area contributed by atoms with Crippen LogP contribution in [0.1, 0.15) is 28.3 Å². The fraction of sp³-hybridized carbons (Fsp3) is 0.154. The van der Waals surface area contributed by atoms with Crippen molar-refractivity contribution in [3.05, 3.63) is 98.5 Å². The summed E-state index contributed by atoms with van der Waals surface area (Å²) < 4.78 is 5.36. The Kier molecular flexibility index (Phi) is 6.19. The van der Waals surface area contributed by atoms with E-state index in [0.717, 1.165) is 11.1 Å². The standard InChI is InChI=1S/C26H21Cl2NO4/c1-14-9-10-20(15(2)11-14)29-22(16-7-5-4-6-8-16)21(24(31)26(29)32)23(30)18-12-17(27)13-19(28)25(18)33-3/h4-13,22,30H,1-3H3/b23-21+. The minimum absolute atomic E-state index is 0.0668. The summed E-state index contributed by atoms with van der Waals surface area (Å²) in [5, 5.41) is 11.8. The molecule has 5 nitrogen and oxygen atoms in total. The zero-order valence-electron chi connectivity index (χ0n) is 18.2. The van der Waals surface area contributed by atoms with Gasteiger partial charge in [0.05, 0.1) is 29.3 Å². The maximum Gasteiger partial charge on any atom is 0.300 e. The summed E-state index contributed by atoms with van der Waals surface area (Å²) in [6, 6.07) is 16.8. The number of carbonyl (C=O) groups excluding carboxylic acids is 2. The zero-order valence-corrected chi connectivity index (χ0v) is 19.7. The Morgan fingerprint density at radius 1 is 1.00 bits per heavy atom. The molecule has 1 N–H and O–H groups in total. The molecule has 0 spiro atoms. The minimum atomic E-state index is -0.852. The van der Waals surface area contributed by atoms with E-state index in [1.807, 2.05) is 62.4 Å². The third-order valence-electron chi connectivity index (χ3n) is 5.64. The first-order valence-electron chi connectivity index (χ1n) is 10.2. The predicted octanol–water partition coefficient (Wildman–Crippen LogP) is 6.25. The molecule has 1 unspecified atom stereocenters. The van der Waals surface area contributed by atoms with Gasteiger partial charge in [-0.05, 0) is 43.2 Å². The van der Waals surface area contributed by atoms with Gasteiger partial charge in [0.1, 0.15) is 11.5 Å². The smallest absolute Gasteiger partial charge is 0.300 e. The summed E-state index contributed by atoms with van der Waals surface area (Å²) >= 11 is 12.4. The van der Waals surface area contributed by atoms with Gasteiger partial charge in [-0.1, -0.05) is 71.2 Å². The number of anilines is 1. The van der Waals surface area contributed by atoms with Crippen LogP contribution in [0.4, 0.5) is 5.69 Å². The van der Waals surface area contributed by atoms with Crippen molar-refractivity contribution in [2.75, 3.05) is 12.0 Å². The fourth-order valence-corrected chi connectivity index (χ4v) is 4.77. The van der Waals surface area contributed by atoms with E-state index in [1.54, 1.807) is 0 Å². The Morgan fingerprint density at radius 3 is 2.33 bits per heavy atom. The van der Waals surface area contributed by atoms with Crippen LogP contribution in [0.3, 0.4) is 0 Å². The number of aliphatic hydroxyl groups excluding tert-OH is 1. The van der Waals surface area contributed by atoms with Gasteiger partial charge in [0.25, 0.3) is 11.7 Å². The van der Waals surface area contributed by atoms with Crippen molar-refractivity contribution in [1.29, 1.82) is 0 Å². The summed E-state index contributed by atoms with van der Waals surface area (Å²) in [7, 11) is 1.40. The summed E-state index contributed by atoms with van der Waals surface area (Å²) in [6.07, 6.45) is 0. The fourth-order valence-electron chi connectivity index (χ4n) is 4.20. The van der Waals surface area contributed by atoms with Crippen LogP contribution in [-0.2, 0) is 9.59 Å². The number of ketones is 1. The van der Waals surface area contributed by atoms with E-state index >= 15 is 0 Å². The van der Waals surface area contributed by atoms with Crippen molar-refractivity contribution in [2.45, 2.75) is 19.9 Å². The monoisotopic (exact) mass is 481 g/mol. The van der Waals surface area contributed by atoms with Crippen molar-refractivity contribution in [3.63, 3.8) is 0 Å². The number of ether oxygens (including phenoxy) is 1. The number of benzene rings is 3. The molecule has 0 radical (unpaired) electrons. The molecule has 3 aromatic rings. The van der Waals surface area contributed by atoms with E-state index in [2.05, 4.69) is 0 Å². The molecule has 168 valence electrons. The Bertz CT molecular complexity index is 1300. The topological polar surface area (TPSA) is 66.8 Å². The maximum atomic E-state index is 13.3. The molecule has 1 aliphatic rings. The average molecular weight is 482 g/mol. The third-order valence-corrected chi connectivity index (χ3v) is 6.14. The van der Waals surface area contributed by atoms with Gasteiger partial charge in [0.2, 0.25) is 0 Å². The minimum Gasteiger partial charge on any atom is -0.507 e. The molecular formula is C26H21Cl2NO4. The van der Waals surface area contributed by atoms with Crippen LogP contribution in [0.25, 0.3) is 5.76 Å². The number of Topliss-reactive ketones (excluding diaryl/α,β-unsaturated/α-hetero) is 1. The molecular weight excluding hydrogens is 461 g/mol. The number of aryl methyl sites for hydroxylation is 2. The van der Waals surface area contributed by atoms with Gasteiger partial charge >= 0.3 is 0 Å². The van der Waals surface area contributed by atoms with Gasteiger partial charge in [-0.15, -0.1) is 0 Å². The molecule has 3 aromatic carbocycles. The lowest BCUT2D eigenvalue weighted by molar-refractivity contribution is -0.132. The van der Waals surface area contributed by atoms with Crippen molar-refractivity contribution >= 4 is 46.3 Å². The second-order valence-electron chi connectivity index (χ2n) is 7.84. The molecule has 1 heterocycles. The summed E-state index contributed by atoms with van der Waals surface area (Å²) in [4.78, 5) is 28.1. The number of halogens is 2. The first-order chi connectivity index (χ1) is 15.7. The van der Waals surface area contributed by atoms with Crippen LogP contribution in [-0.4, -0.2) is 23.9 Å². The molecule has 1 fully saturated rings. The van der Waals surface area contributed by atoms with Crippen molar-refractivity contribution in [2.24, 2.45) is 0 Å². The number of amides is 1. The molecule has 1 atom stereocenters. The third kappa shape index (κ3) is 3.99. The zero-order chi connectivity index (χ0) is 23.9. The molecule has 7 heteroatoms. The van der Waals surface area contributed by atoms with Crippen molar-refractivity contribution in [3.8, 4) is 5.75 Å². The summed E-state index contributed by atoms with van der Waals surface area (Å²) in [5.74, 6) is -1.79. The number of hydrogen-bond acceptors (Lipinski definition) is 4. The highest BCUT2D eigenvalue weighted by Gasteiger charge is 2.47. The van der Waals surface area contributed by atoms with Gasteiger partial charge in [-0.2, -0.15) is 0 Å². The molecule has 0 aliphatic carbocycles. The number of rotatable bonds is 4. The van der Waals surface area contributed by atoms with Gasteiger partial charge in [0, 0.05) is 10.7 Å². The molecule has 1 aliphatic heterocycles. The van der Waals surface area contributed by atoms with Gasteiger partial charge in [0.15, 0.2) is 0 Å². The lowest BCUT2D eigenvalue weighted by atomic mass is 9.94. The van der Waals surface area contributed by atoms with Crippen LogP contribution in [0, 0.1) is 13.8 Å². The van der Waals surface area contributed by atoms with Crippen molar-refractivity contribution in [1.82, 2.24) is 0 Å². The molecule has 0 aromatic heterocycles. The maximum absolute atomic E-state index is 13.3. The van der Waals surface area contributed by atoms with E-state index in [9.17, 15) is 14.7 Å². The first kappa shape index (κ1) is 22.9. The summed E-state index contributed by atoms with van der Waals surface area (Å²) in [5.41, 5.74) is 3.19. The SMILES string of the molecule is COc1c(Cl)cc(Cl)cc1/C(O)=C1\C(=O)C(=O)N(c2ccc(C)cc2C)C1c1ccccc1. The number of carbonyl (C=O) groups is 2. The summed E-state index contributed by atoms with van der Waals surface area (Å²) in [6.45, 7) is 3.83. The quantitative estimate of drug-likeness (QED) is 0.271. The Hall–Kier alpha value is -3.28. The van der Waals surface area contributed by atoms with E-state index in [-0.39, 0.29) is 26.9 Å². The van der Waals surface area contributed by atoms with E-state index in [1.165, 1.54) is 24.1 Å². The Morgan fingerprint density at radius 2 is 1.70 bits per heavy atom. The normalized spacial score (nSPS) is 17.5. The Balaban J connectivity index is 2.02. The highest BCUT2D eigenvalue weighted by Crippen LogP contribution is 2.45. The lowest BCUT2D eigenvalue weighted by Crippen LogP contribution is -2.30. The highest BCUT2D eigenvalue weighted by atomic mass is 35.5. The van der Waals surface area contributed by atoms with Crippen LogP contribution >= 0.6 is 23.2 Å². The van der Waals surface area contributed by atoms with E-state index in [0.29, 0.717) is 11.3 Å². The highest BCUT2D eigenvalue weighted by molar-refractivity contribution is 6.52. The number of methoxy groups -OCH3 is 1. The first-order valence-corrected chi connectivity index (χ1v) is 11.0. The molecule has 0 bridgehead atoms. The lowest BCUT2D eigenvalue weighted by Gasteiger charge is -2.27. The van der Waals surface area contributed by atoms with Gasteiger partial charge in [-0.3, -0.25) is 14.5 Å². The second kappa shape index (κ2) is 8.93. The molecule has 1 saturated heterocycles. The van der Waals surface area contributed by atoms with Crippen LogP contribution in [0.15, 0.2) is 66.2 Å². The molecule has 4 rings (SSSR count). The number of hydrogen-bond donors (Lipinski definition) is 1. The van der Waals surface area contributed by atoms with E-state index in [4.69, 9.17) is 27.9 Å². The molecule has 0 saturated carbocycles. The second-order valence-corrected chi connectivity index (χ2v) is 8.68. The largest absolute Gasteiger partial charge is 0.507 e.